The highest BCUT2D eigenvalue weighted by molar-refractivity contribution is 6.31. The molecule has 5 aromatic rings. The standard InChI is InChI=1S/C45H45ClFN9O3/c1-48-37-20-40(53-56-39(22-50-42(37)56)44(59)51-36-19-34(36)47)55-16-13-30-29(3-2-4-38(30)55)35-9-6-28(21-49-35)23-54-24-45(25-54)14-11-26(12-15-45)17-27-5-8-33(46)32(18-27)31-7-10-41(57)52-43(31)58/h2-6,8-9,17-18,20-22,31,34,36,48H,7,10-16,19,23-25H2,1H3,(H,51,59)(H,52,57,58)/t31?,34-,36?/m0/s1. The average molecular weight is 814 g/mol. The summed E-state index contributed by atoms with van der Waals surface area (Å²) in [5, 5.41) is 13.8. The van der Waals surface area contributed by atoms with Crippen LogP contribution in [-0.2, 0) is 22.6 Å². The molecule has 0 radical (unpaired) electrons. The minimum absolute atomic E-state index is 0.223. The number of aromatic nitrogens is 4. The Morgan fingerprint density at radius 1 is 1.03 bits per heavy atom. The van der Waals surface area contributed by atoms with Crippen LogP contribution < -0.4 is 20.9 Å². The van der Waals surface area contributed by atoms with E-state index < -0.39 is 24.0 Å². The van der Waals surface area contributed by atoms with E-state index in [4.69, 9.17) is 21.7 Å². The number of allylic oxidation sites excluding steroid dienone is 1. The fourth-order valence-electron chi connectivity index (χ4n) is 9.55. The predicted molar refractivity (Wildman–Crippen MR) is 224 cm³/mol. The summed E-state index contributed by atoms with van der Waals surface area (Å²) in [5.74, 6) is -0.593. The number of carbonyl (C=O) groups excluding carboxylic acids is 3. The number of fused-ring (bicyclic) bond motifs is 2. The van der Waals surface area contributed by atoms with Crippen LogP contribution in [0.25, 0.3) is 23.0 Å². The molecule has 3 aliphatic heterocycles. The van der Waals surface area contributed by atoms with Crippen molar-refractivity contribution in [3.63, 3.8) is 0 Å². The molecular formula is C45H45ClFN9O3. The van der Waals surface area contributed by atoms with Crippen molar-refractivity contribution >= 4 is 58.2 Å². The van der Waals surface area contributed by atoms with Crippen molar-refractivity contribution in [1.29, 1.82) is 0 Å². The lowest BCUT2D eigenvalue weighted by Gasteiger charge is -2.53. The first-order valence-electron chi connectivity index (χ1n) is 20.5. The van der Waals surface area contributed by atoms with Gasteiger partial charge >= 0.3 is 0 Å². The maximum atomic E-state index is 13.6. The number of carbonyl (C=O) groups is 3. The fourth-order valence-corrected chi connectivity index (χ4v) is 9.80. The van der Waals surface area contributed by atoms with Crippen molar-refractivity contribution in [1.82, 2.24) is 35.1 Å². The monoisotopic (exact) mass is 813 g/mol. The lowest BCUT2D eigenvalue weighted by molar-refractivity contribution is -0.134. The maximum Gasteiger partial charge on any atom is 0.271 e. The lowest BCUT2D eigenvalue weighted by atomic mass is 9.67. The molecule has 2 saturated carbocycles. The van der Waals surface area contributed by atoms with Crippen LogP contribution in [0.2, 0.25) is 5.02 Å². The third-order valence-electron chi connectivity index (χ3n) is 12.9. The van der Waals surface area contributed by atoms with Gasteiger partial charge in [-0.1, -0.05) is 47.5 Å². The molecule has 302 valence electrons. The Balaban J connectivity index is 0.774. The van der Waals surface area contributed by atoms with Crippen LogP contribution in [0.1, 0.15) is 83.6 Å². The second kappa shape index (κ2) is 14.9. The van der Waals surface area contributed by atoms with Gasteiger partial charge in [0.15, 0.2) is 17.2 Å². The lowest BCUT2D eigenvalue weighted by Crippen LogP contribution is -2.56. The topological polar surface area (TPSA) is 137 Å². The molecule has 2 saturated heterocycles. The molecule has 12 nitrogen and oxygen atoms in total. The number of nitrogens with zero attached hydrogens (tertiary/aromatic N) is 6. The first-order valence-corrected chi connectivity index (χ1v) is 20.9. The number of imidazole rings is 1. The van der Waals surface area contributed by atoms with Gasteiger partial charge in [0.1, 0.15) is 6.17 Å². The second-order valence-corrected chi connectivity index (χ2v) is 17.3. The van der Waals surface area contributed by atoms with Gasteiger partial charge in [0.25, 0.3) is 5.91 Å². The van der Waals surface area contributed by atoms with E-state index in [1.54, 1.807) is 4.52 Å². The van der Waals surface area contributed by atoms with Crippen molar-refractivity contribution < 1.29 is 18.8 Å². The molecular weight excluding hydrogens is 769 g/mol. The molecule has 10 rings (SSSR count). The van der Waals surface area contributed by atoms with Crippen molar-refractivity contribution in [2.45, 2.75) is 76.0 Å². The van der Waals surface area contributed by atoms with Crippen molar-refractivity contribution in [2.24, 2.45) is 5.41 Å². The second-order valence-electron chi connectivity index (χ2n) is 16.9. The zero-order valence-electron chi connectivity index (χ0n) is 32.8. The highest BCUT2D eigenvalue weighted by Gasteiger charge is 2.44. The summed E-state index contributed by atoms with van der Waals surface area (Å²) in [5.41, 5.74) is 10.6. The van der Waals surface area contributed by atoms with Gasteiger partial charge in [0.05, 0.1) is 29.5 Å². The molecule has 59 heavy (non-hydrogen) atoms. The number of halogens is 2. The molecule has 6 heterocycles. The van der Waals surface area contributed by atoms with Crippen LogP contribution in [0.4, 0.5) is 21.6 Å². The number of anilines is 3. The van der Waals surface area contributed by atoms with Gasteiger partial charge in [0.2, 0.25) is 11.8 Å². The number of hydrogen-bond donors (Lipinski definition) is 3. The number of hydrogen-bond acceptors (Lipinski definition) is 9. The van der Waals surface area contributed by atoms with Crippen LogP contribution in [0.5, 0.6) is 0 Å². The molecule has 3 aromatic heterocycles. The number of benzene rings is 2. The van der Waals surface area contributed by atoms with Gasteiger partial charge in [-0.2, -0.15) is 0 Å². The Morgan fingerprint density at radius 3 is 2.61 bits per heavy atom. The van der Waals surface area contributed by atoms with E-state index in [0.29, 0.717) is 47.7 Å². The Labute approximate surface area is 346 Å². The summed E-state index contributed by atoms with van der Waals surface area (Å²) < 4.78 is 15.1. The van der Waals surface area contributed by atoms with Gasteiger partial charge in [-0.15, -0.1) is 5.10 Å². The van der Waals surface area contributed by atoms with Crippen molar-refractivity contribution in [3.8, 4) is 11.3 Å². The Kier molecular flexibility index (Phi) is 9.47. The first kappa shape index (κ1) is 37.6. The number of nitrogens with one attached hydrogen (secondary N) is 3. The molecule has 14 heteroatoms. The quantitative estimate of drug-likeness (QED) is 0.135. The van der Waals surface area contributed by atoms with Crippen molar-refractivity contribution in [3.05, 3.63) is 106 Å². The van der Waals surface area contributed by atoms with Crippen LogP contribution >= 0.6 is 11.6 Å². The number of piperidine rings is 1. The highest BCUT2D eigenvalue weighted by atomic mass is 35.5. The highest BCUT2D eigenvalue weighted by Crippen LogP contribution is 2.47. The summed E-state index contributed by atoms with van der Waals surface area (Å²) in [7, 11) is 1.81. The smallest absolute Gasteiger partial charge is 0.271 e. The van der Waals surface area contributed by atoms with Crippen molar-refractivity contribution in [2.75, 3.05) is 36.9 Å². The molecule has 3 amide bonds. The molecule has 0 bridgehead atoms. The zero-order chi connectivity index (χ0) is 40.4. The minimum Gasteiger partial charge on any atom is -0.385 e. The largest absolute Gasteiger partial charge is 0.385 e. The number of imide groups is 1. The van der Waals surface area contributed by atoms with E-state index >= 15 is 0 Å². The van der Waals surface area contributed by atoms with Crippen LogP contribution in [0.3, 0.4) is 0 Å². The van der Waals surface area contributed by atoms with E-state index in [9.17, 15) is 18.8 Å². The number of alkyl halides is 1. The number of amides is 3. The summed E-state index contributed by atoms with van der Waals surface area (Å²) in [6, 6.07) is 18.0. The molecule has 5 aliphatic rings. The number of pyridine rings is 1. The van der Waals surface area contributed by atoms with E-state index in [-0.39, 0.29) is 17.5 Å². The van der Waals surface area contributed by atoms with Crippen LogP contribution in [-0.4, -0.2) is 81.1 Å². The predicted octanol–water partition coefficient (Wildman–Crippen LogP) is 7.00. The SMILES string of the molecule is CNc1cc(N2CCc3c(-c4ccc(CN5CC6(CCC(=Cc7ccc(Cl)c(C8CCC(=O)NC8=O)c7)CC6)C5)cn4)cccc32)nn2c(C(=O)NC3C[C@@H]3F)cnc12. The third kappa shape index (κ3) is 7.14. The fraction of sp³-hybridized carbons (Fsp3) is 0.378. The summed E-state index contributed by atoms with van der Waals surface area (Å²) in [6.45, 7) is 3.76. The Hall–Kier alpha value is -5.66. The maximum absolute atomic E-state index is 13.6. The van der Waals surface area contributed by atoms with E-state index in [2.05, 4.69) is 67.1 Å². The van der Waals surface area contributed by atoms with Gasteiger partial charge in [-0.3, -0.25) is 29.6 Å². The number of likely N-dealkylation sites (tertiary alicyclic amines) is 1. The third-order valence-corrected chi connectivity index (χ3v) is 13.2. The molecule has 2 unspecified atom stereocenters. The van der Waals surface area contributed by atoms with Crippen LogP contribution in [0, 0.1) is 5.41 Å². The Morgan fingerprint density at radius 2 is 1.86 bits per heavy atom. The summed E-state index contributed by atoms with van der Waals surface area (Å²) in [4.78, 5) is 51.3. The molecule has 1 spiro atoms. The molecule has 2 aromatic carbocycles. The number of rotatable bonds is 9. The first-order chi connectivity index (χ1) is 28.6. The van der Waals surface area contributed by atoms with Gasteiger partial charge in [0, 0.05) is 74.6 Å². The average Bonchev–Trinajstić information content (AvgIpc) is 3.55. The van der Waals surface area contributed by atoms with E-state index in [1.807, 2.05) is 37.5 Å². The molecule has 4 fully saturated rings. The Bertz CT molecular complexity index is 2540. The molecule has 3 N–H and O–H groups in total. The van der Waals surface area contributed by atoms with Gasteiger partial charge in [-0.25, -0.2) is 13.9 Å². The van der Waals surface area contributed by atoms with E-state index in [1.165, 1.54) is 22.9 Å². The van der Waals surface area contributed by atoms with Crippen LogP contribution in [0.15, 0.2) is 72.6 Å². The van der Waals surface area contributed by atoms with Gasteiger partial charge < -0.3 is 15.5 Å². The van der Waals surface area contributed by atoms with Gasteiger partial charge in [-0.05, 0) is 90.5 Å². The normalized spacial score (nSPS) is 22.3. The minimum atomic E-state index is -1.00. The van der Waals surface area contributed by atoms with E-state index in [0.717, 1.165) is 85.5 Å². The molecule has 2 aliphatic carbocycles. The zero-order valence-corrected chi connectivity index (χ0v) is 33.6. The molecule has 3 atom stereocenters. The summed E-state index contributed by atoms with van der Waals surface area (Å²) in [6.07, 6.45) is 11.2. The summed E-state index contributed by atoms with van der Waals surface area (Å²) >= 11 is 6.51.